The van der Waals surface area contributed by atoms with Gasteiger partial charge in [-0.2, -0.15) is 0 Å². The van der Waals surface area contributed by atoms with Gasteiger partial charge in [0.15, 0.2) is 0 Å². The summed E-state index contributed by atoms with van der Waals surface area (Å²) in [5, 5.41) is 18.4. The molecular formula is C23H38N6O. The molecular weight excluding hydrogens is 376 g/mol. The van der Waals surface area contributed by atoms with Crippen molar-refractivity contribution in [2.45, 2.75) is 77.3 Å². The van der Waals surface area contributed by atoms with Crippen molar-refractivity contribution in [1.82, 2.24) is 15.6 Å². The van der Waals surface area contributed by atoms with Crippen molar-refractivity contribution in [2.24, 2.45) is 0 Å². The molecule has 2 saturated heterocycles. The summed E-state index contributed by atoms with van der Waals surface area (Å²) in [6.07, 6.45) is 8.68. The molecule has 1 aromatic rings. The second-order valence-electron chi connectivity index (χ2n) is 8.50. The third-order valence-electron chi connectivity index (χ3n) is 6.31. The Morgan fingerprint density at radius 2 is 1.83 bits per heavy atom. The molecule has 0 bridgehead atoms. The quantitative estimate of drug-likeness (QED) is 0.490. The van der Waals surface area contributed by atoms with Crippen LogP contribution in [0.4, 0.5) is 11.6 Å². The number of aromatic nitrogens is 1. The molecule has 0 aliphatic carbocycles. The van der Waals surface area contributed by atoms with E-state index in [1.54, 1.807) is 0 Å². The molecule has 166 valence electrons. The molecule has 4 N–H and O–H groups in total. The van der Waals surface area contributed by atoms with Gasteiger partial charge in [-0.05, 0) is 63.7 Å². The maximum atomic E-state index is 12.8. The average molecular weight is 415 g/mol. The van der Waals surface area contributed by atoms with Crippen molar-refractivity contribution in [3.05, 3.63) is 17.7 Å². The molecule has 7 heteroatoms. The SMILES string of the molecule is CCC(CC)Nc1nc(N2CCCCCC2)ccc1C(=N)C(=O)NC1CCNCC1. The lowest BCUT2D eigenvalue weighted by molar-refractivity contribution is -0.115. The summed E-state index contributed by atoms with van der Waals surface area (Å²) in [5.74, 6) is 1.30. The van der Waals surface area contributed by atoms with Gasteiger partial charge in [0.1, 0.15) is 17.3 Å². The maximum absolute atomic E-state index is 12.8. The van der Waals surface area contributed by atoms with Crippen LogP contribution in [-0.2, 0) is 4.79 Å². The fourth-order valence-corrected chi connectivity index (χ4v) is 4.27. The summed E-state index contributed by atoms with van der Waals surface area (Å²) in [4.78, 5) is 20.0. The minimum atomic E-state index is -0.307. The van der Waals surface area contributed by atoms with E-state index in [1.807, 2.05) is 12.1 Å². The predicted octanol–water partition coefficient (Wildman–Crippen LogP) is 3.30. The van der Waals surface area contributed by atoms with Crippen LogP contribution < -0.4 is 20.9 Å². The summed E-state index contributed by atoms with van der Waals surface area (Å²) in [6.45, 7) is 8.15. The lowest BCUT2D eigenvalue weighted by Gasteiger charge is -2.26. The number of amides is 1. The number of carbonyl (C=O) groups excluding carboxylic acids is 1. The van der Waals surface area contributed by atoms with Gasteiger partial charge in [0, 0.05) is 30.7 Å². The maximum Gasteiger partial charge on any atom is 0.270 e. The predicted molar refractivity (Wildman–Crippen MR) is 124 cm³/mol. The van der Waals surface area contributed by atoms with Crippen LogP contribution in [0, 0.1) is 5.41 Å². The van der Waals surface area contributed by atoms with E-state index in [0.29, 0.717) is 11.4 Å². The van der Waals surface area contributed by atoms with Gasteiger partial charge in [-0.1, -0.05) is 26.7 Å². The summed E-state index contributed by atoms with van der Waals surface area (Å²) >= 11 is 0. The molecule has 3 rings (SSSR count). The first kappa shape index (κ1) is 22.5. The van der Waals surface area contributed by atoms with Crippen LogP contribution in [0.2, 0.25) is 0 Å². The molecule has 0 unspecified atom stereocenters. The van der Waals surface area contributed by atoms with Gasteiger partial charge in [-0.25, -0.2) is 4.98 Å². The largest absolute Gasteiger partial charge is 0.367 e. The second kappa shape index (κ2) is 11.3. The van der Waals surface area contributed by atoms with Crippen molar-refractivity contribution < 1.29 is 4.79 Å². The Morgan fingerprint density at radius 3 is 2.47 bits per heavy atom. The molecule has 0 aromatic carbocycles. The second-order valence-corrected chi connectivity index (χ2v) is 8.50. The Labute approximate surface area is 180 Å². The highest BCUT2D eigenvalue weighted by molar-refractivity contribution is 6.45. The molecule has 1 aromatic heterocycles. The highest BCUT2D eigenvalue weighted by atomic mass is 16.1. The normalized spacial score (nSPS) is 18.2. The van der Waals surface area contributed by atoms with E-state index < -0.39 is 0 Å². The Balaban J connectivity index is 1.81. The summed E-state index contributed by atoms with van der Waals surface area (Å²) < 4.78 is 0. The van der Waals surface area contributed by atoms with Crippen LogP contribution in [-0.4, -0.2) is 54.9 Å². The van der Waals surface area contributed by atoms with Crippen LogP contribution in [0.5, 0.6) is 0 Å². The third kappa shape index (κ3) is 5.94. The molecule has 2 aliphatic heterocycles. The monoisotopic (exact) mass is 414 g/mol. The van der Waals surface area contributed by atoms with E-state index in [9.17, 15) is 4.79 Å². The third-order valence-corrected chi connectivity index (χ3v) is 6.31. The minimum absolute atomic E-state index is 0.00287. The van der Waals surface area contributed by atoms with Crippen LogP contribution in [0.15, 0.2) is 12.1 Å². The molecule has 3 heterocycles. The van der Waals surface area contributed by atoms with Gasteiger partial charge in [0.2, 0.25) is 0 Å². The van der Waals surface area contributed by atoms with Crippen molar-refractivity contribution >= 4 is 23.3 Å². The standard InChI is InChI=1S/C23H38N6O/c1-3-17(4-2)26-22-19(21(24)23(30)27-18-11-13-25-14-12-18)9-10-20(28-22)29-15-7-5-6-8-16-29/h9-10,17-18,24-25H,3-8,11-16H2,1-2H3,(H,26,28)(H,27,30). The van der Waals surface area contributed by atoms with E-state index in [-0.39, 0.29) is 23.7 Å². The smallest absolute Gasteiger partial charge is 0.270 e. The number of hydrogen-bond donors (Lipinski definition) is 4. The van der Waals surface area contributed by atoms with Crippen molar-refractivity contribution in [2.75, 3.05) is 36.4 Å². The Bertz CT molecular complexity index is 704. The first-order valence-corrected chi connectivity index (χ1v) is 11.7. The van der Waals surface area contributed by atoms with E-state index in [2.05, 4.69) is 34.7 Å². The molecule has 0 atom stereocenters. The number of rotatable bonds is 8. The van der Waals surface area contributed by atoms with Gasteiger partial charge in [-0.15, -0.1) is 0 Å². The zero-order valence-electron chi connectivity index (χ0n) is 18.6. The molecule has 0 radical (unpaired) electrons. The average Bonchev–Trinajstić information content (AvgIpc) is 3.07. The highest BCUT2D eigenvalue weighted by Gasteiger charge is 2.23. The number of hydrogen-bond acceptors (Lipinski definition) is 6. The van der Waals surface area contributed by atoms with E-state index in [0.717, 1.165) is 57.7 Å². The molecule has 2 fully saturated rings. The molecule has 0 spiro atoms. The van der Waals surface area contributed by atoms with Crippen molar-refractivity contribution in [1.29, 1.82) is 5.41 Å². The van der Waals surface area contributed by atoms with Crippen molar-refractivity contribution in [3.8, 4) is 0 Å². The van der Waals surface area contributed by atoms with Crippen LogP contribution >= 0.6 is 0 Å². The zero-order valence-corrected chi connectivity index (χ0v) is 18.6. The van der Waals surface area contributed by atoms with E-state index >= 15 is 0 Å². The van der Waals surface area contributed by atoms with E-state index in [4.69, 9.17) is 10.4 Å². The first-order chi connectivity index (χ1) is 14.6. The lowest BCUT2D eigenvalue weighted by Crippen LogP contribution is -2.45. The Hall–Kier alpha value is -2.15. The fraction of sp³-hybridized carbons (Fsp3) is 0.696. The lowest BCUT2D eigenvalue weighted by atomic mass is 10.0. The minimum Gasteiger partial charge on any atom is -0.367 e. The van der Waals surface area contributed by atoms with Gasteiger partial charge in [0.25, 0.3) is 5.91 Å². The van der Waals surface area contributed by atoms with Gasteiger partial charge in [0.05, 0.1) is 0 Å². The number of nitrogens with one attached hydrogen (secondary N) is 4. The summed E-state index contributed by atoms with van der Waals surface area (Å²) in [7, 11) is 0. The van der Waals surface area contributed by atoms with Crippen LogP contribution in [0.25, 0.3) is 0 Å². The topological polar surface area (TPSA) is 93.1 Å². The first-order valence-electron chi connectivity index (χ1n) is 11.7. The fourth-order valence-electron chi connectivity index (χ4n) is 4.27. The van der Waals surface area contributed by atoms with E-state index in [1.165, 1.54) is 25.7 Å². The highest BCUT2D eigenvalue weighted by Crippen LogP contribution is 2.24. The molecule has 2 aliphatic rings. The molecule has 7 nitrogen and oxygen atoms in total. The number of anilines is 2. The number of carbonyl (C=O) groups is 1. The van der Waals surface area contributed by atoms with Gasteiger partial charge >= 0.3 is 0 Å². The number of nitrogens with zero attached hydrogens (tertiary/aromatic N) is 2. The van der Waals surface area contributed by atoms with Gasteiger partial charge in [-0.3, -0.25) is 10.2 Å². The van der Waals surface area contributed by atoms with Crippen LogP contribution in [0.1, 0.15) is 70.8 Å². The van der Waals surface area contributed by atoms with Crippen LogP contribution in [0.3, 0.4) is 0 Å². The number of pyridine rings is 1. The zero-order chi connectivity index (χ0) is 21.3. The Morgan fingerprint density at radius 1 is 1.17 bits per heavy atom. The van der Waals surface area contributed by atoms with Gasteiger partial charge < -0.3 is 20.9 Å². The molecule has 30 heavy (non-hydrogen) atoms. The number of piperidine rings is 1. The summed E-state index contributed by atoms with van der Waals surface area (Å²) in [5.41, 5.74) is 0.587. The molecule has 1 amide bonds. The van der Waals surface area contributed by atoms with Crippen molar-refractivity contribution in [3.63, 3.8) is 0 Å². The summed E-state index contributed by atoms with van der Waals surface area (Å²) in [6, 6.07) is 4.29. The Kier molecular flexibility index (Phi) is 8.49. The molecule has 0 saturated carbocycles.